The van der Waals surface area contributed by atoms with Gasteiger partial charge in [-0.3, -0.25) is 4.79 Å². The van der Waals surface area contributed by atoms with Crippen LogP contribution in [-0.4, -0.2) is 55.3 Å². The Morgan fingerprint density at radius 3 is 3.07 bits per heavy atom. The monoisotopic (exact) mass is 408 g/mol. The fourth-order valence-electron chi connectivity index (χ4n) is 3.51. The zero-order valence-corrected chi connectivity index (χ0v) is 16.3. The average molecular weight is 408 g/mol. The molecule has 1 atom stereocenters. The van der Waals surface area contributed by atoms with Gasteiger partial charge in [0.15, 0.2) is 11.5 Å². The van der Waals surface area contributed by atoms with E-state index in [4.69, 9.17) is 9.26 Å². The molecule has 5 rings (SSSR count). The van der Waals surface area contributed by atoms with Gasteiger partial charge in [-0.15, -0.1) is 5.10 Å². The van der Waals surface area contributed by atoms with Gasteiger partial charge in [0, 0.05) is 19.0 Å². The van der Waals surface area contributed by atoms with E-state index in [1.807, 2.05) is 24.3 Å². The third-order valence-corrected chi connectivity index (χ3v) is 4.95. The van der Waals surface area contributed by atoms with Crippen molar-refractivity contribution in [1.82, 2.24) is 35.0 Å². The van der Waals surface area contributed by atoms with Crippen molar-refractivity contribution >= 4 is 28.4 Å². The van der Waals surface area contributed by atoms with Gasteiger partial charge in [0.2, 0.25) is 17.7 Å². The molecular formula is C19H20N8O3. The minimum atomic E-state index is -0.395. The summed E-state index contributed by atoms with van der Waals surface area (Å²) in [6, 6.07) is 7.23. The molecule has 3 aromatic heterocycles. The number of amides is 1. The lowest BCUT2D eigenvalue weighted by atomic mass is 10.1. The van der Waals surface area contributed by atoms with Crippen LogP contribution < -0.4 is 10.6 Å². The van der Waals surface area contributed by atoms with Crippen LogP contribution in [0.1, 0.15) is 25.1 Å². The molecule has 1 aliphatic heterocycles. The summed E-state index contributed by atoms with van der Waals surface area (Å²) in [5.41, 5.74) is 1.32. The normalized spacial score (nSPS) is 17.2. The zero-order chi connectivity index (χ0) is 20.5. The largest absolute Gasteiger partial charge is 0.377 e. The Kier molecular flexibility index (Phi) is 4.71. The summed E-state index contributed by atoms with van der Waals surface area (Å²) in [7, 11) is 1.55. The van der Waals surface area contributed by atoms with Crippen LogP contribution in [0.4, 0.5) is 5.95 Å². The van der Waals surface area contributed by atoms with E-state index in [9.17, 15) is 4.79 Å². The molecule has 0 radical (unpaired) electrons. The van der Waals surface area contributed by atoms with Crippen LogP contribution in [0, 0.1) is 0 Å². The smallest absolute Gasteiger partial charge is 0.297 e. The summed E-state index contributed by atoms with van der Waals surface area (Å²) in [5, 5.41) is 15.4. The molecule has 154 valence electrons. The molecule has 11 nitrogen and oxygen atoms in total. The molecule has 1 aromatic carbocycles. The number of nitrogens with one attached hydrogen (secondary N) is 2. The molecule has 4 aromatic rings. The predicted molar refractivity (Wildman–Crippen MR) is 107 cm³/mol. The molecule has 1 aliphatic rings. The molecule has 1 saturated heterocycles. The number of carbonyl (C=O) groups is 1. The number of ether oxygens (including phenoxy) is 1. The molecule has 2 N–H and O–H groups in total. The van der Waals surface area contributed by atoms with Crippen LogP contribution in [0.3, 0.4) is 0 Å². The quantitative estimate of drug-likeness (QED) is 0.505. The average Bonchev–Trinajstić information content (AvgIpc) is 3.35. The second-order valence-corrected chi connectivity index (χ2v) is 7.06. The van der Waals surface area contributed by atoms with Gasteiger partial charge in [-0.2, -0.15) is 9.50 Å². The number of hydrogen-bond acceptors (Lipinski definition) is 9. The molecule has 0 aliphatic carbocycles. The number of hydrogen-bond donors (Lipinski definition) is 2. The Labute approximate surface area is 170 Å². The lowest BCUT2D eigenvalue weighted by Gasteiger charge is -2.16. The fourth-order valence-corrected chi connectivity index (χ4v) is 3.51. The molecule has 4 heterocycles. The lowest BCUT2D eigenvalue weighted by molar-refractivity contribution is -0.121. The van der Waals surface area contributed by atoms with E-state index in [1.54, 1.807) is 11.6 Å². The molecule has 1 amide bonds. The van der Waals surface area contributed by atoms with Crippen LogP contribution in [0.2, 0.25) is 0 Å². The van der Waals surface area contributed by atoms with E-state index in [1.165, 1.54) is 0 Å². The maximum Gasteiger partial charge on any atom is 0.297 e. The number of methoxy groups -OCH3 is 1. The number of carbonyl (C=O) groups excluding carboxylic acids is 1. The lowest BCUT2D eigenvalue weighted by Crippen LogP contribution is -2.38. The maximum atomic E-state index is 12.4. The molecule has 0 bridgehead atoms. The highest BCUT2D eigenvalue weighted by Crippen LogP contribution is 2.24. The molecular weight excluding hydrogens is 388 g/mol. The van der Waals surface area contributed by atoms with E-state index in [0.717, 1.165) is 23.7 Å². The maximum absolute atomic E-state index is 12.4. The molecule has 0 unspecified atom stereocenters. The number of nitrogens with zero attached hydrogens (tertiary/aromatic N) is 6. The molecule has 0 spiro atoms. The van der Waals surface area contributed by atoms with Crippen LogP contribution in [0.25, 0.3) is 28.3 Å². The van der Waals surface area contributed by atoms with Crippen molar-refractivity contribution in [3.8, 4) is 11.7 Å². The number of rotatable bonds is 5. The van der Waals surface area contributed by atoms with E-state index < -0.39 is 6.04 Å². The standard InChI is InChI=1S/C19H20N8O3/c1-29-10-14-23-18(30-26-14)15-24-16-11-6-2-3-7-12(11)21-19(27(16)25-15)22-13-8-4-5-9-20-17(13)28/h2-3,6-7,13H,4-5,8-10H2,1H3,(H,20,28)(H,21,22)/t13-/m1/s1. The first-order valence-corrected chi connectivity index (χ1v) is 9.74. The minimum Gasteiger partial charge on any atom is -0.377 e. The second-order valence-electron chi connectivity index (χ2n) is 7.06. The van der Waals surface area contributed by atoms with Crippen LogP contribution >= 0.6 is 0 Å². The van der Waals surface area contributed by atoms with Gasteiger partial charge in [-0.25, -0.2) is 9.97 Å². The molecule has 1 fully saturated rings. The van der Waals surface area contributed by atoms with Gasteiger partial charge in [-0.1, -0.05) is 17.3 Å². The first-order chi connectivity index (χ1) is 14.7. The van der Waals surface area contributed by atoms with E-state index in [0.29, 0.717) is 30.4 Å². The highest BCUT2D eigenvalue weighted by atomic mass is 16.5. The highest BCUT2D eigenvalue weighted by molar-refractivity contribution is 5.93. The van der Waals surface area contributed by atoms with Crippen molar-refractivity contribution < 1.29 is 14.1 Å². The first-order valence-electron chi connectivity index (χ1n) is 9.74. The third-order valence-electron chi connectivity index (χ3n) is 4.95. The van der Waals surface area contributed by atoms with Crippen molar-refractivity contribution in [3.63, 3.8) is 0 Å². The van der Waals surface area contributed by atoms with Gasteiger partial charge < -0.3 is 19.9 Å². The third kappa shape index (κ3) is 3.32. The van der Waals surface area contributed by atoms with Gasteiger partial charge in [-0.05, 0) is 31.4 Å². The summed E-state index contributed by atoms with van der Waals surface area (Å²) in [6.45, 7) is 0.914. The van der Waals surface area contributed by atoms with Crippen molar-refractivity contribution in [1.29, 1.82) is 0 Å². The topological polar surface area (TPSA) is 132 Å². The number of anilines is 1. The molecule has 30 heavy (non-hydrogen) atoms. The van der Waals surface area contributed by atoms with E-state index in [-0.39, 0.29) is 24.2 Å². The van der Waals surface area contributed by atoms with Crippen molar-refractivity contribution in [3.05, 3.63) is 30.1 Å². The molecule has 0 saturated carbocycles. The number of aromatic nitrogens is 6. The number of para-hydroxylation sites is 1. The minimum absolute atomic E-state index is 0.0444. The summed E-state index contributed by atoms with van der Waals surface area (Å²) >= 11 is 0. The van der Waals surface area contributed by atoms with Crippen LogP contribution in [0.15, 0.2) is 28.8 Å². The summed E-state index contributed by atoms with van der Waals surface area (Å²) in [6.07, 6.45) is 2.62. The van der Waals surface area contributed by atoms with Gasteiger partial charge in [0.1, 0.15) is 12.6 Å². The summed E-state index contributed by atoms with van der Waals surface area (Å²) in [4.78, 5) is 26.0. The fraction of sp³-hybridized carbons (Fsp3) is 0.368. The Morgan fingerprint density at radius 1 is 1.27 bits per heavy atom. The zero-order valence-electron chi connectivity index (χ0n) is 16.3. The predicted octanol–water partition coefficient (Wildman–Crippen LogP) is 1.55. The SMILES string of the molecule is COCc1noc(-c2nc3c4ccccc4nc(N[C@@H]4CCCCNC4=O)n3n2)n1. The number of fused-ring (bicyclic) bond motifs is 3. The van der Waals surface area contributed by atoms with Crippen molar-refractivity contribution in [2.45, 2.75) is 31.9 Å². The van der Waals surface area contributed by atoms with Crippen molar-refractivity contribution in [2.24, 2.45) is 0 Å². The van der Waals surface area contributed by atoms with Gasteiger partial charge >= 0.3 is 0 Å². The second kappa shape index (κ2) is 7.67. The molecule has 11 heteroatoms. The highest BCUT2D eigenvalue weighted by Gasteiger charge is 2.24. The van der Waals surface area contributed by atoms with Crippen LogP contribution in [-0.2, 0) is 16.1 Å². The van der Waals surface area contributed by atoms with E-state index in [2.05, 4.69) is 35.8 Å². The Balaban J connectivity index is 1.61. The Hall–Kier alpha value is -3.60. The van der Waals surface area contributed by atoms with Crippen LogP contribution in [0.5, 0.6) is 0 Å². The Morgan fingerprint density at radius 2 is 2.17 bits per heavy atom. The van der Waals surface area contributed by atoms with E-state index >= 15 is 0 Å². The van der Waals surface area contributed by atoms with Gasteiger partial charge in [0.25, 0.3) is 5.89 Å². The first kappa shape index (κ1) is 18.4. The van der Waals surface area contributed by atoms with Crippen molar-refractivity contribution in [2.75, 3.05) is 19.0 Å². The summed E-state index contributed by atoms with van der Waals surface area (Å²) in [5.74, 6) is 1.25. The number of benzene rings is 1. The summed E-state index contributed by atoms with van der Waals surface area (Å²) < 4.78 is 11.9. The van der Waals surface area contributed by atoms with Gasteiger partial charge in [0.05, 0.1) is 5.52 Å². The Bertz CT molecular complexity index is 1220.